The Labute approximate surface area is 141 Å². The molecular weight excluding hydrogens is 337 g/mol. The van der Waals surface area contributed by atoms with Crippen LogP contribution in [0.1, 0.15) is 6.42 Å². The first kappa shape index (κ1) is 16.2. The van der Waals surface area contributed by atoms with Gasteiger partial charge in [0.2, 0.25) is 5.91 Å². The van der Waals surface area contributed by atoms with Gasteiger partial charge in [-0.05, 0) is 41.8 Å². The molecule has 1 atom stereocenters. The third kappa shape index (κ3) is 3.16. The third-order valence-electron chi connectivity index (χ3n) is 3.80. The highest BCUT2D eigenvalue weighted by Gasteiger charge is 2.34. The number of rotatable bonds is 3. The number of pyridine rings is 1. The molecule has 124 valence electrons. The molecule has 2 aromatic rings. The highest BCUT2D eigenvalue weighted by atomic mass is 35.5. The van der Waals surface area contributed by atoms with Crippen molar-refractivity contribution in [3.63, 3.8) is 0 Å². The molecule has 2 heterocycles. The van der Waals surface area contributed by atoms with Crippen molar-refractivity contribution in [1.29, 1.82) is 0 Å². The Bertz CT molecular complexity index is 815. The van der Waals surface area contributed by atoms with E-state index in [1.165, 1.54) is 23.2 Å². The van der Waals surface area contributed by atoms with Crippen molar-refractivity contribution in [2.75, 3.05) is 11.4 Å². The van der Waals surface area contributed by atoms with Crippen molar-refractivity contribution in [3.8, 4) is 11.1 Å². The van der Waals surface area contributed by atoms with E-state index in [0.29, 0.717) is 22.7 Å². The fourth-order valence-corrected chi connectivity index (χ4v) is 2.86. The first-order chi connectivity index (χ1) is 11.5. The third-order valence-corrected chi connectivity index (χ3v) is 4.01. The van der Waals surface area contributed by atoms with Crippen LogP contribution in [0.2, 0.25) is 5.15 Å². The number of carboxylic acid groups (broad SMARTS) is 1. The van der Waals surface area contributed by atoms with Crippen LogP contribution in [0.15, 0.2) is 36.5 Å². The Balaban J connectivity index is 1.86. The number of anilines is 1. The summed E-state index contributed by atoms with van der Waals surface area (Å²) in [6, 6.07) is 6.96. The van der Waals surface area contributed by atoms with Gasteiger partial charge in [0.1, 0.15) is 17.0 Å². The number of aromatic nitrogens is 1. The molecule has 3 rings (SSSR count). The molecule has 1 saturated heterocycles. The molecule has 1 aromatic carbocycles. The first-order valence-electron chi connectivity index (χ1n) is 7.18. The minimum atomic E-state index is -1.28. The Kier molecular flexibility index (Phi) is 4.35. The van der Waals surface area contributed by atoms with Crippen LogP contribution in [0, 0.1) is 5.82 Å². The summed E-state index contributed by atoms with van der Waals surface area (Å²) in [4.78, 5) is 28.0. The van der Waals surface area contributed by atoms with Crippen LogP contribution in [0.5, 0.6) is 0 Å². The van der Waals surface area contributed by atoms with Crippen LogP contribution in [0.3, 0.4) is 0 Å². The van der Waals surface area contributed by atoms with E-state index in [1.807, 2.05) is 0 Å². The summed E-state index contributed by atoms with van der Waals surface area (Å²) in [6.45, 7) is 0.251. The first-order valence-corrected chi connectivity index (χ1v) is 7.56. The molecule has 0 radical (unpaired) electrons. The largest absolute Gasteiger partial charge is 0.465 e. The molecule has 0 saturated carbocycles. The number of nitrogens with zero attached hydrogens (tertiary/aromatic N) is 2. The highest BCUT2D eigenvalue weighted by Crippen LogP contribution is 2.29. The average molecular weight is 350 g/mol. The van der Waals surface area contributed by atoms with E-state index in [4.69, 9.17) is 16.7 Å². The normalized spacial score (nSPS) is 17.2. The van der Waals surface area contributed by atoms with Crippen LogP contribution >= 0.6 is 11.6 Å². The van der Waals surface area contributed by atoms with Gasteiger partial charge in [0.05, 0.1) is 5.69 Å². The second-order valence-electron chi connectivity index (χ2n) is 5.31. The summed E-state index contributed by atoms with van der Waals surface area (Å²) < 4.78 is 14.5. The zero-order valence-corrected chi connectivity index (χ0v) is 13.1. The second kappa shape index (κ2) is 6.45. The maximum absolute atomic E-state index is 14.5. The number of hydrogen-bond acceptors (Lipinski definition) is 3. The number of carbonyl (C=O) groups excluding carboxylic acids is 1. The molecule has 2 N–H and O–H groups in total. The van der Waals surface area contributed by atoms with Gasteiger partial charge in [-0.1, -0.05) is 17.7 Å². The molecular formula is C16H13ClFN3O3. The number of benzene rings is 1. The summed E-state index contributed by atoms with van der Waals surface area (Å²) in [5.74, 6) is -1.03. The lowest BCUT2D eigenvalue weighted by atomic mass is 10.1. The van der Waals surface area contributed by atoms with Crippen molar-refractivity contribution < 1.29 is 19.1 Å². The molecule has 2 amide bonds. The minimum absolute atomic E-state index is 0.124. The molecule has 0 aliphatic carbocycles. The predicted octanol–water partition coefficient (Wildman–Crippen LogP) is 2.91. The minimum Gasteiger partial charge on any atom is -0.465 e. The Hall–Kier alpha value is -2.67. The lowest BCUT2D eigenvalue weighted by Crippen LogP contribution is -2.41. The average Bonchev–Trinajstić information content (AvgIpc) is 2.88. The van der Waals surface area contributed by atoms with E-state index in [9.17, 15) is 14.0 Å². The van der Waals surface area contributed by atoms with Crippen LogP contribution in [-0.2, 0) is 4.79 Å². The standard InChI is InChI=1S/C16H13ClFN3O3/c17-14-8-10(3-5-19-14)9-1-2-13(11(18)7-9)21-6-4-12(15(21)22)20-16(23)24/h1-3,5,7-8,12,20H,4,6H2,(H,23,24)/t12-/m0/s1. The van der Waals surface area contributed by atoms with Crippen LogP contribution in [0.4, 0.5) is 14.9 Å². The highest BCUT2D eigenvalue weighted by molar-refractivity contribution is 6.29. The maximum atomic E-state index is 14.5. The second-order valence-corrected chi connectivity index (χ2v) is 5.70. The van der Waals surface area contributed by atoms with Gasteiger partial charge in [-0.15, -0.1) is 0 Å². The van der Waals surface area contributed by atoms with Gasteiger partial charge >= 0.3 is 6.09 Å². The van der Waals surface area contributed by atoms with Gasteiger partial charge in [0, 0.05) is 12.7 Å². The van der Waals surface area contributed by atoms with Crippen molar-refractivity contribution >= 4 is 29.3 Å². The molecule has 1 aromatic heterocycles. The number of halogens is 2. The van der Waals surface area contributed by atoms with Gasteiger partial charge in [-0.25, -0.2) is 14.2 Å². The zero-order valence-electron chi connectivity index (χ0n) is 12.4. The van der Waals surface area contributed by atoms with E-state index >= 15 is 0 Å². The summed E-state index contributed by atoms with van der Waals surface area (Å²) in [5.41, 5.74) is 1.43. The van der Waals surface area contributed by atoms with Crippen molar-refractivity contribution in [1.82, 2.24) is 10.3 Å². The molecule has 1 aliphatic heterocycles. The summed E-state index contributed by atoms with van der Waals surface area (Å²) in [7, 11) is 0. The van der Waals surface area contributed by atoms with Crippen LogP contribution < -0.4 is 10.2 Å². The molecule has 0 spiro atoms. The fraction of sp³-hybridized carbons (Fsp3) is 0.188. The van der Waals surface area contributed by atoms with E-state index in [2.05, 4.69) is 10.3 Å². The quantitative estimate of drug-likeness (QED) is 0.835. The topological polar surface area (TPSA) is 82.5 Å². The van der Waals surface area contributed by atoms with E-state index in [0.717, 1.165) is 0 Å². The number of carbonyl (C=O) groups is 2. The monoisotopic (exact) mass is 349 g/mol. The molecule has 8 heteroatoms. The molecule has 1 aliphatic rings. The maximum Gasteiger partial charge on any atom is 0.405 e. The lowest BCUT2D eigenvalue weighted by Gasteiger charge is -2.18. The Morgan fingerprint density at radius 1 is 1.33 bits per heavy atom. The van der Waals surface area contributed by atoms with Crippen LogP contribution in [-0.4, -0.2) is 34.7 Å². The number of amides is 2. The van der Waals surface area contributed by atoms with Crippen molar-refractivity contribution in [3.05, 3.63) is 47.5 Å². The van der Waals surface area contributed by atoms with Crippen LogP contribution in [0.25, 0.3) is 11.1 Å². The van der Waals surface area contributed by atoms with Gasteiger partial charge in [-0.3, -0.25) is 4.79 Å². The van der Waals surface area contributed by atoms with Gasteiger partial charge < -0.3 is 15.3 Å². The molecule has 6 nitrogen and oxygen atoms in total. The van der Waals surface area contributed by atoms with E-state index in [1.54, 1.807) is 18.2 Å². The zero-order chi connectivity index (χ0) is 17.3. The molecule has 24 heavy (non-hydrogen) atoms. The number of hydrogen-bond donors (Lipinski definition) is 2. The summed E-state index contributed by atoms with van der Waals surface area (Å²) in [6.07, 6.45) is 0.544. The Morgan fingerprint density at radius 3 is 2.75 bits per heavy atom. The van der Waals surface area contributed by atoms with Crippen molar-refractivity contribution in [2.45, 2.75) is 12.5 Å². The van der Waals surface area contributed by atoms with Gasteiger partial charge in [-0.2, -0.15) is 0 Å². The lowest BCUT2D eigenvalue weighted by molar-refractivity contribution is -0.118. The molecule has 0 unspecified atom stereocenters. The van der Waals surface area contributed by atoms with E-state index in [-0.39, 0.29) is 12.2 Å². The number of nitrogens with one attached hydrogen (secondary N) is 1. The summed E-state index contributed by atoms with van der Waals surface area (Å²) >= 11 is 5.83. The molecule has 0 bridgehead atoms. The Morgan fingerprint density at radius 2 is 2.08 bits per heavy atom. The van der Waals surface area contributed by atoms with E-state index < -0.39 is 23.9 Å². The SMILES string of the molecule is O=C(O)N[C@H]1CCN(c2ccc(-c3ccnc(Cl)c3)cc2F)C1=O. The summed E-state index contributed by atoms with van der Waals surface area (Å²) in [5, 5.41) is 11.2. The van der Waals surface area contributed by atoms with Gasteiger partial charge in [0.25, 0.3) is 0 Å². The predicted molar refractivity (Wildman–Crippen MR) is 86.6 cm³/mol. The van der Waals surface area contributed by atoms with Gasteiger partial charge in [0.15, 0.2) is 0 Å². The smallest absolute Gasteiger partial charge is 0.405 e. The fourth-order valence-electron chi connectivity index (χ4n) is 2.69. The molecule has 1 fully saturated rings. The van der Waals surface area contributed by atoms with Crippen molar-refractivity contribution in [2.24, 2.45) is 0 Å².